The van der Waals surface area contributed by atoms with Gasteiger partial charge in [0.15, 0.2) is 5.82 Å². The summed E-state index contributed by atoms with van der Waals surface area (Å²) in [5.74, 6) is 0.683. The minimum Gasteiger partial charge on any atom is -0.456 e. The number of rotatable bonds is 5. The van der Waals surface area contributed by atoms with Crippen molar-refractivity contribution in [1.82, 2.24) is 9.97 Å². The van der Waals surface area contributed by atoms with Crippen LogP contribution in [0.1, 0.15) is 0 Å². The molecule has 256 valence electrons. The van der Waals surface area contributed by atoms with Gasteiger partial charge in [-0.2, -0.15) is 0 Å². The summed E-state index contributed by atoms with van der Waals surface area (Å²) in [4.78, 5) is 10.7. The summed E-state index contributed by atoms with van der Waals surface area (Å²) in [5, 5.41) is 9.39. The first kappa shape index (κ1) is 31.2. The second-order valence-electron chi connectivity index (χ2n) is 14.1. The molecule has 0 bridgehead atoms. The fraction of sp³-hybridized carbons (Fsp3) is 0. The highest BCUT2D eigenvalue weighted by molar-refractivity contribution is 6.20. The van der Waals surface area contributed by atoms with Gasteiger partial charge in [-0.25, -0.2) is 9.97 Å². The Labute approximate surface area is 317 Å². The highest BCUT2D eigenvalue weighted by Crippen LogP contribution is 2.42. The predicted octanol–water partition coefficient (Wildman–Crippen LogP) is 14.2. The lowest BCUT2D eigenvalue weighted by Gasteiger charge is -2.16. The molecule has 0 aliphatic heterocycles. The van der Waals surface area contributed by atoms with Gasteiger partial charge in [0.05, 0.1) is 11.4 Å². The quantitative estimate of drug-likeness (QED) is 0.133. The molecule has 11 rings (SSSR count). The Morgan fingerprint density at radius 3 is 1.84 bits per heavy atom. The number of fused-ring (bicyclic) bond motifs is 7. The minimum absolute atomic E-state index is 0.683. The second-order valence-corrected chi connectivity index (χ2v) is 14.1. The van der Waals surface area contributed by atoms with Crippen LogP contribution in [0, 0.1) is 0 Å². The third-order valence-corrected chi connectivity index (χ3v) is 10.9. The van der Waals surface area contributed by atoms with E-state index in [0.717, 1.165) is 72.1 Å². The zero-order valence-electron chi connectivity index (χ0n) is 29.8. The zero-order chi connectivity index (χ0) is 36.3. The van der Waals surface area contributed by atoms with Crippen LogP contribution in [-0.2, 0) is 0 Å². The SMILES string of the molecule is c1ccc(-c2ccc(-c3nc(-c4cccc(-c5cccc6oc7ccccc7c56)c4)cc(-c4c5ccccc5cc5c4ccc4ccccc45)n3)cc2)cc1. The molecule has 0 amide bonds. The number of nitrogens with zero attached hydrogens (tertiary/aromatic N) is 2. The third kappa shape index (κ3) is 5.28. The molecule has 0 fully saturated rings. The Morgan fingerprint density at radius 2 is 0.964 bits per heavy atom. The topological polar surface area (TPSA) is 38.9 Å². The molecule has 0 spiro atoms. The van der Waals surface area contributed by atoms with Crippen LogP contribution >= 0.6 is 0 Å². The highest BCUT2D eigenvalue weighted by Gasteiger charge is 2.18. The number of para-hydroxylation sites is 1. The van der Waals surface area contributed by atoms with Gasteiger partial charge in [0.1, 0.15) is 11.2 Å². The average Bonchev–Trinajstić information content (AvgIpc) is 3.65. The van der Waals surface area contributed by atoms with Crippen molar-refractivity contribution in [3.05, 3.63) is 194 Å². The molecule has 9 aromatic carbocycles. The number of hydrogen-bond donors (Lipinski definition) is 0. The van der Waals surface area contributed by atoms with E-state index in [9.17, 15) is 0 Å². The molecule has 0 N–H and O–H groups in total. The lowest BCUT2D eigenvalue weighted by atomic mass is 9.91. The third-order valence-electron chi connectivity index (χ3n) is 10.9. The molecule has 55 heavy (non-hydrogen) atoms. The predicted molar refractivity (Wildman–Crippen MR) is 229 cm³/mol. The summed E-state index contributed by atoms with van der Waals surface area (Å²) >= 11 is 0. The minimum atomic E-state index is 0.683. The van der Waals surface area contributed by atoms with Crippen LogP contribution in [0.25, 0.3) is 110 Å². The van der Waals surface area contributed by atoms with Crippen LogP contribution in [0.15, 0.2) is 199 Å². The normalized spacial score (nSPS) is 11.6. The Morgan fingerprint density at radius 1 is 0.327 bits per heavy atom. The molecule has 0 aliphatic carbocycles. The van der Waals surface area contributed by atoms with E-state index in [1.165, 1.54) is 32.5 Å². The van der Waals surface area contributed by atoms with Crippen molar-refractivity contribution in [3.63, 3.8) is 0 Å². The number of furan rings is 1. The summed E-state index contributed by atoms with van der Waals surface area (Å²) in [6.07, 6.45) is 0. The van der Waals surface area contributed by atoms with Gasteiger partial charge in [-0.3, -0.25) is 0 Å². The Kier molecular flexibility index (Phi) is 7.17. The van der Waals surface area contributed by atoms with E-state index in [0.29, 0.717) is 5.82 Å². The monoisotopic (exact) mass is 700 g/mol. The van der Waals surface area contributed by atoms with E-state index in [1.807, 2.05) is 24.3 Å². The summed E-state index contributed by atoms with van der Waals surface area (Å²) in [5.41, 5.74) is 11.2. The summed E-state index contributed by atoms with van der Waals surface area (Å²) in [7, 11) is 0. The molecule has 0 aliphatic rings. The van der Waals surface area contributed by atoms with Crippen LogP contribution in [0.5, 0.6) is 0 Å². The first-order chi connectivity index (χ1) is 27.2. The van der Waals surface area contributed by atoms with Crippen LogP contribution in [-0.4, -0.2) is 9.97 Å². The fourth-order valence-electron chi connectivity index (χ4n) is 8.25. The van der Waals surface area contributed by atoms with E-state index < -0.39 is 0 Å². The van der Waals surface area contributed by atoms with Crippen LogP contribution < -0.4 is 0 Å². The zero-order valence-corrected chi connectivity index (χ0v) is 29.8. The fourth-order valence-corrected chi connectivity index (χ4v) is 8.25. The first-order valence-electron chi connectivity index (χ1n) is 18.6. The Balaban J connectivity index is 1.15. The van der Waals surface area contributed by atoms with Crippen LogP contribution in [0.4, 0.5) is 0 Å². The number of aromatic nitrogens is 2. The van der Waals surface area contributed by atoms with Crippen molar-refractivity contribution in [3.8, 4) is 56.2 Å². The maximum absolute atomic E-state index is 6.27. The van der Waals surface area contributed by atoms with Gasteiger partial charge in [-0.15, -0.1) is 0 Å². The molecule has 2 heterocycles. The van der Waals surface area contributed by atoms with Crippen molar-refractivity contribution in [2.45, 2.75) is 0 Å². The largest absolute Gasteiger partial charge is 0.456 e. The molecule has 2 aromatic heterocycles. The van der Waals surface area contributed by atoms with Crippen molar-refractivity contribution in [2.75, 3.05) is 0 Å². The van der Waals surface area contributed by atoms with Gasteiger partial charge in [0.25, 0.3) is 0 Å². The van der Waals surface area contributed by atoms with E-state index in [4.69, 9.17) is 14.4 Å². The molecule has 11 aromatic rings. The van der Waals surface area contributed by atoms with Crippen molar-refractivity contribution in [1.29, 1.82) is 0 Å². The van der Waals surface area contributed by atoms with Gasteiger partial charge < -0.3 is 4.42 Å². The first-order valence-corrected chi connectivity index (χ1v) is 18.6. The molecule has 0 saturated carbocycles. The molecular weight excluding hydrogens is 669 g/mol. The Bertz CT molecular complexity index is 3250. The lowest BCUT2D eigenvalue weighted by Crippen LogP contribution is -1.97. The van der Waals surface area contributed by atoms with Crippen molar-refractivity contribution < 1.29 is 4.42 Å². The van der Waals surface area contributed by atoms with E-state index in [2.05, 4.69) is 170 Å². The van der Waals surface area contributed by atoms with Gasteiger partial charge in [-0.1, -0.05) is 164 Å². The number of hydrogen-bond acceptors (Lipinski definition) is 3. The molecule has 0 radical (unpaired) electrons. The standard InChI is InChI=1S/C52H32N2O/c1-2-12-33(13-3-1)34-24-26-36(27-25-34)52-53-46(39-17-10-16-37(30-39)42-21-11-23-49-51(42)44-20-8-9-22-48(44)55-49)32-47(54-52)50-41-19-7-5-15-38(41)31-45-40-18-6-4-14-35(40)28-29-43(45)50/h1-32H. The van der Waals surface area contributed by atoms with Crippen molar-refractivity contribution in [2.24, 2.45) is 0 Å². The van der Waals surface area contributed by atoms with Gasteiger partial charge in [-0.05, 0) is 84.9 Å². The summed E-state index contributed by atoms with van der Waals surface area (Å²) < 4.78 is 6.27. The average molecular weight is 701 g/mol. The molecule has 0 unspecified atom stereocenters. The highest BCUT2D eigenvalue weighted by atomic mass is 16.3. The molecule has 3 nitrogen and oxygen atoms in total. The van der Waals surface area contributed by atoms with Gasteiger partial charge in [0.2, 0.25) is 0 Å². The maximum atomic E-state index is 6.27. The lowest BCUT2D eigenvalue weighted by molar-refractivity contribution is 0.669. The molecule has 0 saturated heterocycles. The molecular formula is C52H32N2O. The second kappa shape index (κ2) is 12.6. The smallest absolute Gasteiger partial charge is 0.160 e. The number of benzene rings is 9. The molecule has 3 heteroatoms. The summed E-state index contributed by atoms with van der Waals surface area (Å²) in [6, 6.07) is 68.6. The van der Waals surface area contributed by atoms with Gasteiger partial charge in [0, 0.05) is 27.5 Å². The Hall–Kier alpha value is -7.36. The van der Waals surface area contributed by atoms with E-state index in [1.54, 1.807) is 0 Å². The maximum Gasteiger partial charge on any atom is 0.160 e. The summed E-state index contributed by atoms with van der Waals surface area (Å²) in [6.45, 7) is 0. The van der Waals surface area contributed by atoms with Crippen molar-refractivity contribution >= 4 is 54.3 Å². The molecule has 0 atom stereocenters. The van der Waals surface area contributed by atoms with Crippen LogP contribution in [0.2, 0.25) is 0 Å². The van der Waals surface area contributed by atoms with Gasteiger partial charge >= 0.3 is 0 Å². The van der Waals surface area contributed by atoms with E-state index in [-0.39, 0.29) is 0 Å². The van der Waals surface area contributed by atoms with Crippen LogP contribution in [0.3, 0.4) is 0 Å². The van der Waals surface area contributed by atoms with E-state index >= 15 is 0 Å².